The van der Waals surface area contributed by atoms with Crippen LogP contribution in [0.5, 0.6) is 0 Å². The average molecular weight is 835 g/mol. The number of nitrogens with one attached hydrogen (secondary N) is 1. The molecule has 13 heteroatoms. The number of hydrogen-bond acceptors (Lipinski definition) is 5. The Bertz CT molecular complexity index is 1150. The van der Waals surface area contributed by atoms with Gasteiger partial charge in [0.05, 0.1) is 11.0 Å². The second-order valence-corrected chi connectivity index (χ2v) is 14.8. The fraction of sp³-hybridized carbons (Fsp3) is 0.619. The van der Waals surface area contributed by atoms with E-state index in [0.29, 0.717) is 31.2 Å². The zero-order valence-electron chi connectivity index (χ0n) is 17.9. The Morgan fingerprint density at radius 3 is 2.32 bits per heavy atom. The lowest BCUT2D eigenvalue weighted by Crippen LogP contribution is -2.65. The third-order valence-electron chi connectivity index (χ3n) is 7.21. The SMILES string of the molecule is CC(OC(=O)C12CC3CC(CC(NC(=O)c4cc(I)cc(I)c4I)(C3)C1)C2)C(F)(F)S(=O)(=O)O. The molecule has 0 spiro atoms. The summed E-state index contributed by atoms with van der Waals surface area (Å²) in [5.74, 6) is -0.879. The second-order valence-electron chi connectivity index (χ2n) is 9.81. The number of amides is 1. The van der Waals surface area contributed by atoms with E-state index >= 15 is 0 Å². The van der Waals surface area contributed by atoms with E-state index in [1.165, 1.54) is 0 Å². The number of carbonyl (C=O) groups is 2. The predicted octanol–water partition coefficient (Wildman–Crippen LogP) is 4.98. The first-order valence-electron chi connectivity index (χ1n) is 10.6. The van der Waals surface area contributed by atoms with Crippen molar-refractivity contribution >= 4 is 89.8 Å². The van der Waals surface area contributed by atoms with E-state index in [1.54, 1.807) is 0 Å². The van der Waals surface area contributed by atoms with Crippen molar-refractivity contribution in [2.45, 2.75) is 62.3 Å². The zero-order chi connectivity index (χ0) is 25.3. The highest BCUT2D eigenvalue weighted by molar-refractivity contribution is 14.1. The molecule has 0 saturated heterocycles. The van der Waals surface area contributed by atoms with Crippen LogP contribution in [0, 0.1) is 28.0 Å². The number of halogens is 5. The van der Waals surface area contributed by atoms with E-state index in [-0.39, 0.29) is 24.2 Å². The molecular formula is C21H22F2I3NO6S. The minimum absolute atomic E-state index is 0.126. The fourth-order valence-electron chi connectivity index (χ4n) is 6.24. The topological polar surface area (TPSA) is 110 Å². The van der Waals surface area contributed by atoms with E-state index in [1.807, 2.05) is 12.1 Å². The van der Waals surface area contributed by atoms with Crippen LogP contribution in [0.1, 0.15) is 55.8 Å². The van der Waals surface area contributed by atoms with Gasteiger partial charge in [-0.15, -0.1) is 0 Å². The van der Waals surface area contributed by atoms with Gasteiger partial charge in [0.15, 0.2) is 6.10 Å². The van der Waals surface area contributed by atoms with Gasteiger partial charge in [0.25, 0.3) is 5.91 Å². The zero-order valence-corrected chi connectivity index (χ0v) is 25.2. The molecule has 4 saturated carbocycles. The van der Waals surface area contributed by atoms with E-state index in [2.05, 4.69) is 73.1 Å². The van der Waals surface area contributed by atoms with Gasteiger partial charge in [-0.25, -0.2) is 0 Å². The number of rotatable bonds is 6. The summed E-state index contributed by atoms with van der Waals surface area (Å²) in [5, 5.41) is -1.43. The summed E-state index contributed by atoms with van der Waals surface area (Å²) in [5.41, 5.74) is -1.19. The van der Waals surface area contributed by atoms with E-state index < -0.39 is 38.4 Å². The molecule has 3 unspecified atom stereocenters. The molecule has 5 rings (SSSR count). The molecule has 4 aliphatic rings. The molecule has 3 atom stereocenters. The van der Waals surface area contributed by atoms with Crippen molar-refractivity contribution in [3.8, 4) is 0 Å². The number of benzene rings is 1. The molecule has 34 heavy (non-hydrogen) atoms. The maximum atomic E-state index is 14.0. The van der Waals surface area contributed by atoms with Crippen LogP contribution >= 0.6 is 67.8 Å². The van der Waals surface area contributed by atoms with Gasteiger partial charge < -0.3 is 10.1 Å². The number of alkyl halides is 2. The normalized spacial score (nSPS) is 31.3. The van der Waals surface area contributed by atoms with Crippen LogP contribution in [0.4, 0.5) is 8.78 Å². The summed E-state index contributed by atoms with van der Waals surface area (Å²) in [4.78, 5) is 26.5. The number of esters is 1. The summed E-state index contributed by atoms with van der Waals surface area (Å²) in [6, 6.07) is 3.78. The lowest BCUT2D eigenvalue weighted by Gasteiger charge is -2.61. The fourth-order valence-corrected chi connectivity index (χ4v) is 9.11. The van der Waals surface area contributed by atoms with Crippen LogP contribution in [0.2, 0.25) is 0 Å². The quantitative estimate of drug-likeness (QED) is 0.181. The third kappa shape index (κ3) is 4.85. The van der Waals surface area contributed by atoms with Crippen LogP contribution in [-0.2, 0) is 19.6 Å². The Kier molecular flexibility index (Phi) is 7.31. The maximum Gasteiger partial charge on any atom is 0.405 e. The summed E-state index contributed by atoms with van der Waals surface area (Å²) in [7, 11) is -5.74. The van der Waals surface area contributed by atoms with E-state index in [9.17, 15) is 26.8 Å². The van der Waals surface area contributed by atoms with E-state index in [4.69, 9.17) is 9.29 Å². The Morgan fingerprint density at radius 1 is 1.18 bits per heavy atom. The van der Waals surface area contributed by atoms with Gasteiger partial charge in [-0.2, -0.15) is 17.2 Å². The molecule has 0 aromatic heterocycles. The van der Waals surface area contributed by atoms with Gasteiger partial charge in [-0.05, 0) is 137 Å². The minimum atomic E-state index is -5.74. The smallest absolute Gasteiger partial charge is 0.405 e. The van der Waals surface area contributed by atoms with Crippen molar-refractivity contribution in [3.63, 3.8) is 0 Å². The Morgan fingerprint density at radius 2 is 1.76 bits per heavy atom. The van der Waals surface area contributed by atoms with Crippen molar-refractivity contribution in [1.29, 1.82) is 0 Å². The Labute approximate surface area is 237 Å². The Balaban J connectivity index is 1.58. The standard InChI is InChI=1S/C21H22F2I3NO6S/c1-10(21(22,23)34(30,31)32)33-18(29)19-5-11-2-12(6-19)8-20(7-11,9-19)27-17(28)14-3-13(24)4-15(25)16(14)26/h3-4,10-12H,2,5-9H2,1H3,(H,27,28)(H,30,31,32). The van der Waals surface area contributed by atoms with Crippen molar-refractivity contribution in [2.24, 2.45) is 17.3 Å². The molecule has 7 nitrogen and oxygen atoms in total. The van der Waals surface area contributed by atoms with Crippen LogP contribution in [-0.4, -0.2) is 41.7 Å². The highest BCUT2D eigenvalue weighted by Gasteiger charge is 2.63. The van der Waals surface area contributed by atoms with Crippen LogP contribution in [0.3, 0.4) is 0 Å². The summed E-state index contributed by atoms with van der Waals surface area (Å²) < 4.78 is 66.7. The van der Waals surface area contributed by atoms with Gasteiger partial charge in [0.2, 0.25) is 0 Å². The average Bonchev–Trinajstić information content (AvgIpc) is 2.68. The molecule has 2 N–H and O–H groups in total. The van der Waals surface area contributed by atoms with Crippen LogP contribution in [0.15, 0.2) is 12.1 Å². The summed E-state index contributed by atoms with van der Waals surface area (Å²) in [6.07, 6.45) is 1.08. The van der Waals surface area contributed by atoms with Crippen molar-refractivity contribution in [2.75, 3.05) is 0 Å². The first kappa shape index (κ1) is 27.2. The van der Waals surface area contributed by atoms with Gasteiger partial charge in [0.1, 0.15) is 0 Å². The molecular weight excluding hydrogens is 813 g/mol. The number of hydrogen-bond donors (Lipinski definition) is 2. The maximum absolute atomic E-state index is 14.0. The largest absolute Gasteiger partial charge is 0.454 e. The van der Waals surface area contributed by atoms with Crippen molar-refractivity contribution in [1.82, 2.24) is 5.32 Å². The Hall–Kier alpha value is 0.120. The molecule has 0 radical (unpaired) electrons. The first-order valence-corrected chi connectivity index (χ1v) is 15.3. The van der Waals surface area contributed by atoms with Crippen LogP contribution in [0.25, 0.3) is 0 Å². The molecule has 1 aromatic carbocycles. The van der Waals surface area contributed by atoms with Crippen molar-refractivity contribution in [3.05, 3.63) is 28.4 Å². The summed E-state index contributed by atoms with van der Waals surface area (Å²) in [6.45, 7) is 0.754. The van der Waals surface area contributed by atoms with Gasteiger partial charge in [0, 0.05) is 16.2 Å². The molecule has 0 aliphatic heterocycles. The molecule has 188 valence electrons. The highest BCUT2D eigenvalue weighted by Crippen LogP contribution is 2.62. The molecule has 1 aromatic rings. The highest BCUT2D eigenvalue weighted by atomic mass is 127. The molecule has 4 aliphatic carbocycles. The first-order chi connectivity index (χ1) is 15.6. The predicted molar refractivity (Wildman–Crippen MR) is 144 cm³/mol. The second kappa shape index (κ2) is 9.15. The lowest BCUT2D eigenvalue weighted by molar-refractivity contribution is -0.188. The number of carbonyl (C=O) groups excluding carboxylic acids is 2. The summed E-state index contributed by atoms with van der Waals surface area (Å²) >= 11 is 6.46. The van der Waals surface area contributed by atoms with Gasteiger partial charge in [-0.3, -0.25) is 14.1 Å². The van der Waals surface area contributed by atoms with E-state index in [0.717, 1.165) is 24.1 Å². The van der Waals surface area contributed by atoms with Gasteiger partial charge in [-0.1, -0.05) is 0 Å². The minimum Gasteiger partial charge on any atom is -0.454 e. The number of ether oxygens (including phenoxy) is 1. The van der Waals surface area contributed by atoms with Crippen molar-refractivity contribution < 1.29 is 36.1 Å². The van der Waals surface area contributed by atoms with Gasteiger partial charge >= 0.3 is 21.3 Å². The molecule has 4 bridgehead atoms. The molecule has 4 fully saturated rings. The monoisotopic (exact) mass is 835 g/mol. The molecule has 1 amide bonds. The van der Waals surface area contributed by atoms with Crippen LogP contribution < -0.4 is 5.32 Å². The lowest BCUT2D eigenvalue weighted by atomic mass is 9.47. The third-order valence-corrected chi connectivity index (χ3v) is 11.9. The molecule has 0 heterocycles.